The molecule has 0 aliphatic heterocycles. The summed E-state index contributed by atoms with van der Waals surface area (Å²) < 4.78 is 11.2. The normalized spacial score (nSPS) is 12.3. The van der Waals surface area contributed by atoms with Gasteiger partial charge in [0.05, 0.1) is 0 Å². The maximum Gasteiger partial charge on any atom is 0.226 e. The smallest absolute Gasteiger partial charge is 0.226 e. The SMILES string of the molecule is CCOC(CC)(CC)c1noc(CCCNC(C)C)n1. The van der Waals surface area contributed by atoms with Crippen LogP contribution in [0.1, 0.15) is 65.6 Å². The summed E-state index contributed by atoms with van der Waals surface area (Å²) in [5.41, 5.74) is -0.396. The topological polar surface area (TPSA) is 60.2 Å². The van der Waals surface area contributed by atoms with Crippen molar-refractivity contribution in [1.29, 1.82) is 0 Å². The van der Waals surface area contributed by atoms with E-state index < -0.39 is 5.60 Å². The second kappa shape index (κ2) is 8.37. The van der Waals surface area contributed by atoms with Crippen molar-refractivity contribution in [2.75, 3.05) is 13.2 Å². The van der Waals surface area contributed by atoms with Crippen LogP contribution in [0.25, 0.3) is 0 Å². The molecule has 0 saturated heterocycles. The lowest BCUT2D eigenvalue weighted by Crippen LogP contribution is -2.29. The molecule has 1 heterocycles. The second-order valence-corrected chi connectivity index (χ2v) is 5.36. The van der Waals surface area contributed by atoms with Gasteiger partial charge in [0.1, 0.15) is 5.60 Å². The first-order valence-corrected chi connectivity index (χ1v) is 7.78. The minimum absolute atomic E-state index is 0.396. The van der Waals surface area contributed by atoms with Gasteiger partial charge in [0.15, 0.2) is 0 Å². The van der Waals surface area contributed by atoms with Crippen molar-refractivity contribution in [2.45, 2.75) is 71.9 Å². The van der Waals surface area contributed by atoms with Gasteiger partial charge in [0, 0.05) is 19.1 Å². The third-order valence-electron chi connectivity index (χ3n) is 3.56. The van der Waals surface area contributed by atoms with Gasteiger partial charge in [-0.05, 0) is 32.7 Å². The van der Waals surface area contributed by atoms with Crippen molar-refractivity contribution in [3.63, 3.8) is 0 Å². The summed E-state index contributed by atoms with van der Waals surface area (Å²) in [6.45, 7) is 12.1. The minimum Gasteiger partial charge on any atom is -0.367 e. The highest BCUT2D eigenvalue weighted by Gasteiger charge is 2.34. The van der Waals surface area contributed by atoms with E-state index >= 15 is 0 Å². The maximum absolute atomic E-state index is 5.89. The summed E-state index contributed by atoms with van der Waals surface area (Å²) in [5, 5.41) is 7.51. The highest BCUT2D eigenvalue weighted by molar-refractivity contribution is 5.01. The van der Waals surface area contributed by atoms with Crippen molar-refractivity contribution in [3.8, 4) is 0 Å². The van der Waals surface area contributed by atoms with E-state index in [2.05, 4.69) is 43.2 Å². The van der Waals surface area contributed by atoms with E-state index in [1.165, 1.54) is 0 Å². The fourth-order valence-electron chi connectivity index (χ4n) is 2.28. The molecule has 0 aliphatic rings. The Balaban J connectivity index is 2.60. The molecule has 20 heavy (non-hydrogen) atoms. The minimum atomic E-state index is -0.396. The number of rotatable bonds is 10. The molecule has 0 amide bonds. The molecule has 0 unspecified atom stereocenters. The molecule has 0 saturated carbocycles. The van der Waals surface area contributed by atoms with E-state index in [4.69, 9.17) is 9.26 Å². The van der Waals surface area contributed by atoms with Gasteiger partial charge in [-0.3, -0.25) is 0 Å². The van der Waals surface area contributed by atoms with E-state index in [9.17, 15) is 0 Å². The van der Waals surface area contributed by atoms with Crippen molar-refractivity contribution >= 4 is 0 Å². The van der Waals surface area contributed by atoms with Gasteiger partial charge >= 0.3 is 0 Å². The van der Waals surface area contributed by atoms with Gasteiger partial charge in [0.2, 0.25) is 11.7 Å². The monoisotopic (exact) mass is 283 g/mol. The number of nitrogens with one attached hydrogen (secondary N) is 1. The predicted octanol–water partition coefficient (Wildman–Crippen LogP) is 3.05. The van der Waals surface area contributed by atoms with Crippen LogP contribution < -0.4 is 5.32 Å². The fourth-order valence-corrected chi connectivity index (χ4v) is 2.28. The number of aryl methyl sites for hydroxylation is 1. The summed E-state index contributed by atoms with van der Waals surface area (Å²) in [7, 11) is 0. The number of aromatic nitrogens is 2. The van der Waals surface area contributed by atoms with Gasteiger partial charge in [-0.15, -0.1) is 0 Å². The Hall–Kier alpha value is -0.940. The molecule has 0 fully saturated rings. The summed E-state index contributed by atoms with van der Waals surface area (Å²) in [6.07, 6.45) is 3.51. The molecule has 1 aromatic heterocycles. The molecule has 116 valence electrons. The van der Waals surface area contributed by atoms with Crippen LogP contribution in [0.2, 0.25) is 0 Å². The first-order chi connectivity index (χ1) is 9.57. The van der Waals surface area contributed by atoms with Crippen LogP contribution >= 0.6 is 0 Å². The average molecular weight is 283 g/mol. The molecule has 0 spiro atoms. The van der Waals surface area contributed by atoms with Gasteiger partial charge in [-0.25, -0.2) is 0 Å². The predicted molar refractivity (Wildman–Crippen MR) is 79.6 cm³/mol. The second-order valence-electron chi connectivity index (χ2n) is 5.36. The van der Waals surface area contributed by atoms with Crippen LogP contribution in [0.15, 0.2) is 4.52 Å². The Morgan fingerprint density at radius 1 is 1.25 bits per heavy atom. The van der Waals surface area contributed by atoms with Gasteiger partial charge in [-0.2, -0.15) is 4.98 Å². The van der Waals surface area contributed by atoms with Crippen LogP contribution in [-0.2, 0) is 16.8 Å². The van der Waals surface area contributed by atoms with E-state index in [0.717, 1.165) is 32.2 Å². The van der Waals surface area contributed by atoms with Crippen LogP contribution in [-0.4, -0.2) is 29.3 Å². The zero-order valence-electron chi connectivity index (χ0n) is 13.5. The molecule has 1 aromatic rings. The Kier molecular flexibility index (Phi) is 7.16. The number of ether oxygens (including phenoxy) is 1. The summed E-state index contributed by atoms with van der Waals surface area (Å²) in [5.74, 6) is 1.40. The highest BCUT2D eigenvalue weighted by Crippen LogP contribution is 2.30. The molecule has 0 aromatic carbocycles. The first-order valence-electron chi connectivity index (χ1n) is 7.78. The lowest BCUT2D eigenvalue weighted by atomic mass is 9.96. The molecule has 1 N–H and O–H groups in total. The molecule has 5 nitrogen and oxygen atoms in total. The average Bonchev–Trinajstić information content (AvgIpc) is 2.90. The molecule has 1 rings (SSSR count). The molecule has 0 atom stereocenters. The highest BCUT2D eigenvalue weighted by atomic mass is 16.5. The van der Waals surface area contributed by atoms with Gasteiger partial charge in [0.25, 0.3) is 0 Å². The number of hydrogen-bond donors (Lipinski definition) is 1. The zero-order valence-corrected chi connectivity index (χ0v) is 13.5. The number of nitrogens with zero attached hydrogens (tertiary/aromatic N) is 2. The summed E-state index contributed by atoms with van der Waals surface area (Å²) in [6, 6.07) is 0.513. The quantitative estimate of drug-likeness (QED) is 0.669. The third-order valence-corrected chi connectivity index (χ3v) is 3.56. The lowest BCUT2D eigenvalue weighted by Gasteiger charge is -2.27. The summed E-state index contributed by atoms with van der Waals surface area (Å²) in [4.78, 5) is 4.53. The van der Waals surface area contributed by atoms with Crippen LogP contribution in [0.3, 0.4) is 0 Å². The fraction of sp³-hybridized carbons (Fsp3) is 0.867. The molecule has 5 heteroatoms. The Morgan fingerprint density at radius 3 is 2.50 bits per heavy atom. The third kappa shape index (κ3) is 4.56. The maximum atomic E-state index is 5.89. The largest absolute Gasteiger partial charge is 0.367 e. The Morgan fingerprint density at radius 2 is 1.95 bits per heavy atom. The molecule has 0 aliphatic carbocycles. The molecular formula is C15H29N3O2. The van der Waals surface area contributed by atoms with E-state index in [0.29, 0.717) is 24.4 Å². The summed E-state index contributed by atoms with van der Waals surface area (Å²) >= 11 is 0. The lowest BCUT2D eigenvalue weighted by molar-refractivity contribution is -0.0583. The van der Waals surface area contributed by atoms with E-state index in [1.54, 1.807) is 0 Å². The van der Waals surface area contributed by atoms with Crippen LogP contribution in [0.4, 0.5) is 0 Å². The number of hydrogen-bond acceptors (Lipinski definition) is 5. The molecule has 0 bridgehead atoms. The van der Waals surface area contributed by atoms with Gasteiger partial charge < -0.3 is 14.6 Å². The van der Waals surface area contributed by atoms with Crippen molar-refractivity contribution in [3.05, 3.63) is 11.7 Å². The van der Waals surface area contributed by atoms with Gasteiger partial charge in [-0.1, -0.05) is 32.9 Å². The Bertz CT molecular complexity index is 373. The van der Waals surface area contributed by atoms with Crippen molar-refractivity contribution < 1.29 is 9.26 Å². The molecular weight excluding hydrogens is 254 g/mol. The molecule has 0 radical (unpaired) electrons. The van der Waals surface area contributed by atoms with E-state index in [-0.39, 0.29) is 0 Å². The van der Waals surface area contributed by atoms with Crippen molar-refractivity contribution in [1.82, 2.24) is 15.5 Å². The van der Waals surface area contributed by atoms with E-state index in [1.807, 2.05) is 6.92 Å². The first kappa shape index (κ1) is 17.1. The standard InChI is InChI=1S/C15H29N3O2/c1-6-15(7-2,19-8-3)14-17-13(20-18-14)10-9-11-16-12(4)5/h12,16H,6-11H2,1-5H3. The Labute approximate surface area is 122 Å². The van der Waals surface area contributed by atoms with Crippen LogP contribution in [0.5, 0.6) is 0 Å². The zero-order chi connectivity index (χ0) is 15.0. The van der Waals surface area contributed by atoms with Crippen molar-refractivity contribution in [2.24, 2.45) is 0 Å². The van der Waals surface area contributed by atoms with Crippen LogP contribution in [0, 0.1) is 0 Å².